The van der Waals surface area contributed by atoms with Crippen LogP contribution in [-0.2, 0) is 9.53 Å². The van der Waals surface area contributed by atoms with E-state index in [1.807, 2.05) is 43.9 Å². The Balaban J connectivity index is 1.33. The van der Waals surface area contributed by atoms with E-state index in [9.17, 15) is 14.4 Å². The average Bonchev–Trinajstić information content (AvgIpc) is 3.33. The van der Waals surface area contributed by atoms with Crippen LogP contribution in [0.2, 0.25) is 0 Å². The Morgan fingerprint density at radius 2 is 1.54 bits per heavy atom. The van der Waals surface area contributed by atoms with Gasteiger partial charge in [0.2, 0.25) is 5.91 Å². The highest BCUT2D eigenvalue weighted by molar-refractivity contribution is 5.95. The van der Waals surface area contributed by atoms with Gasteiger partial charge >= 0.3 is 6.09 Å². The molecule has 0 aromatic heterocycles. The van der Waals surface area contributed by atoms with Crippen LogP contribution >= 0.6 is 0 Å². The van der Waals surface area contributed by atoms with Crippen molar-refractivity contribution in [3.8, 4) is 0 Å². The molecule has 9 nitrogen and oxygen atoms in total. The molecule has 3 aliphatic rings. The Morgan fingerprint density at radius 3 is 2.20 bits per heavy atom. The van der Waals surface area contributed by atoms with Gasteiger partial charge in [0.1, 0.15) is 11.6 Å². The van der Waals surface area contributed by atoms with Gasteiger partial charge < -0.3 is 24.3 Å². The topological polar surface area (TPSA) is 76.6 Å². The van der Waals surface area contributed by atoms with Gasteiger partial charge in [0.15, 0.2) is 0 Å². The molecule has 1 aromatic carbocycles. The zero-order valence-electron chi connectivity index (χ0n) is 21.5. The second-order valence-electron chi connectivity index (χ2n) is 10.8. The van der Waals surface area contributed by atoms with Crippen LogP contribution in [0.15, 0.2) is 24.3 Å². The number of nitrogens with zero attached hydrogens (tertiary/aromatic N) is 5. The first-order valence-corrected chi connectivity index (χ1v) is 12.7. The molecule has 3 amide bonds. The first-order chi connectivity index (χ1) is 16.6. The van der Waals surface area contributed by atoms with E-state index in [1.54, 1.807) is 9.80 Å². The number of likely N-dealkylation sites (tertiary alicyclic amines) is 1. The predicted molar refractivity (Wildman–Crippen MR) is 135 cm³/mol. The fraction of sp³-hybridized carbons (Fsp3) is 0.654. The average molecular weight is 486 g/mol. The van der Waals surface area contributed by atoms with Crippen molar-refractivity contribution in [2.75, 3.05) is 70.9 Å². The quantitative estimate of drug-likeness (QED) is 0.653. The summed E-state index contributed by atoms with van der Waals surface area (Å²) in [6.07, 6.45) is 1.01. The highest BCUT2D eigenvalue weighted by atomic mass is 16.6. The lowest BCUT2D eigenvalue weighted by Crippen LogP contribution is -2.55. The molecule has 192 valence electrons. The molecule has 35 heavy (non-hydrogen) atoms. The third kappa shape index (κ3) is 6.07. The van der Waals surface area contributed by atoms with E-state index in [0.29, 0.717) is 44.7 Å². The molecule has 3 fully saturated rings. The molecule has 0 radical (unpaired) electrons. The molecule has 0 aliphatic carbocycles. The lowest BCUT2D eigenvalue weighted by molar-refractivity contribution is -0.137. The van der Waals surface area contributed by atoms with Crippen LogP contribution in [0.5, 0.6) is 0 Å². The number of benzene rings is 1. The van der Waals surface area contributed by atoms with Crippen molar-refractivity contribution >= 4 is 23.6 Å². The Labute approximate surface area is 208 Å². The third-order valence-corrected chi connectivity index (χ3v) is 7.01. The number of rotatable bonds is 3. The van der Waals surface area contributed by atoms with Gasteiger partial charge in [-0.3, -0.25) is 14.5 Å². The van der Waals surface area contributed by atoms with Gasteiger partial charge in [-0.2, -0.15) is 0 Å². The van der Waals surface area contributed by atoms with Crippen LogP contribution in [0.25, 0.3) is 0 Å². The van der Waals surface area contributed by atoms with E-state index < -0.39 is 17.7 Å². The van der Waals surface area contributed by atoms with Crippen molar-refractivity contribution in [3.63, 3.8) is 0 Å². The molecule has 3 heterocycles. The number of amides is 3. The van der Waals surface area contributed by atoms with E-state index in [1.165, 1.54) is 0 Å². The van der Waals surface area contributed by atoms with E-state index in [-0.39, 0.29) is 11.8 Å². The van der Waals surface area contributed by atoms with Crippen molar-refractivity contribution in [3.05, 3.63) is 29.8 Å². The summed E-state index contributed by atoms with van der Waals surface area (Å²) >= 11 is 0. The molecule has 1 unspecified atom stereocenters. The molecule has 0 saturated carbocycles. The maximum atomic E-state index is 13.2. The van der Waals surface area contributed by atoms with Crippen LogP contribution in [0.1, 0.15) is 44.0 Å². The summed E-state index contributed by atoms with van der Waals surface area (Å²) in [5.41, 5.74) is 1.18. The predicted octanol–water partition coefficient (Wildman–Crippen LogP) is 2.12. The van der Waals surface area contributed by atoms with Crippen molar-refractivity contribution in [1.29, 1.82) is 0 Å². The van der Waals surface area contributed by atoms with Gasteiger partial charge in [0, 0.05) is 70.2 Å². The Kier molecular flexibility index (Phi) is 7.54. The van der Waals surface area contributed by atoms with Gasteiger partial charge in [-0.05, 0) is 58.9 Å². The van der Waals surface area contributed by atoms with Gasteiger partial charge in [0.25, 0.3) is 5.91 Å². The standard InChI is InChI=1S/C26H39N5O4/c1-26(2,3)35-25(34)31-10-6-9-22(31)24(33)30-17-15-29(16-18-30)23(32)20-7-5-8-21(19-20)28-13-11-27(4)12-14-28/h5,7-8,19,22H,6,9-18H2,1-4H3. The summed E-state index contributed by atoms with van der Waals surface area (Å²) in [6, 6.07) is 7.40. The van der Waals surface area contributed by atoms with Gasteiger partial charge in [-0.25, -0.2) is 4.79 Å². The van der Waals surface area contributed by atoms with Gasteiger partial charge in [0.05, 0.1) is 0 Å². The Bertz CT molecular complexity index is 930. The van der Waals surface area contributed by atoms with E-state index in [0.717, 1.165) is 38.3 Å². The molecular weight excluding hydrogens is 446 g/mol. The summed E-state index contributed by atoms with van der Waals surface area (Å²) in [5.74, 6) is -0.0400. The van der Waals surface area contributed by atoms with Crippen LogP contribution < -0.4 is 4.90 Å². The van der Waals surface area contributed by atoms with Crippen LogP contribution in [0.3, 0.4) is 0 Å². The number of hydrogen-bond acceptors (Lipinski definition) is 6. The number of hydrogen-bond donors (Lipinski definition) is 0. The highest BCUT2D eigenvalue weighted by Gasteiger charge is 2.39. The summed E-state index contributed by atoms with van der Waals surface area (Å²) in [5, 5.41) is 0. The number of carbonyl (C=O) groups is 3. The maximum Gasteiger partial charge on any atom is 0.410 e. The molecule has 3 saturated heterocycles. The van der Waals surface area contributed by atoms with Crippen LogP contribution in [-0.4, -0.2) is 115 Å². The molecule has 1 aromatic rings. The normalized spacial score (nSPS) is 21.9. The molecule has 1 atom stereocenters. The summed E-state index contributed by atoms with van der Waals surface area (Å²) in [4.78, 5) is 48.9. The second-order valence-corrected chi connectivity index (χ2v) is 10.8. The number of likely N-dealkylation sites (N-methyl/N-ethyl adjacent to an activating group) is 1. The maximum absolute atomic E-state index is 13.2. The molecule has 9 heteroatoms. The summed E-state index contributed by atoms with van der Waals surface area (Å²) in [6.45, 7) is 11.9. The third-order valence-electron chi connectivity index (χ3n) is 7.01. The fourth-order valence-corrected chi connectivity index (χ4v) is 4.99. The fourth-order valence-electron chi connectivity index (χ4n) is 4.99. The minimum absolute atomic E-state index is 0.00400. The molecule has 0 spiro atoms. The monoisotopic (exact) mass is 485 g/mol. The summed E-state index contributed by atoms with van der Waals surface area (Å²) < 4.78 is 5.50. The van der Waals surface area contributed by atoms with E-state index in [4.69, 9.17) is 4.74 Å². The van der Waals surface area contributed by atoms with Crippen molar-refractivity contribution in [2.24, 2.45) is 0 Å². The van der Waals surface area contributed by atoms with Crippen molar-refractivity contribution in [2.45, 2.75) is 45.3 Å². The number of carbonyl (C=O) groups excluding carboxylic acids is 3. The van der Waals surface area contributed by atoms with E-state index >= 15 is 0 Å². The Morgan fingerprint density at radius 1 is 0.886 bits per heavy atom. The minimum atomic E-state index is -0.596. The smallest absolute Gasteiger partial charge is 0.410 e. The lowest BCUT2D eigenvalue weighted by Gasteiger charge is -2.37. The largest absolute Gasteiger partial charge is 0.444 e. The zero-order chi connectivity index (χ0) is 25.2. The van der Waals surface area contributed by atoms with E-state index in [2.05, 4.69) is 22.9 Å². The molecule has 3 aliphatic heterocycles. The number of ether oxygens (including phenoxy) is 1. The van der Waals surface area contributed by atoms with Gasteiger partial charge in [-0.1, -0.05) is 6.07 Å². The second kappa shape index (κ2) is 10.4. The number of piperazine rings is 2. The number of anilines is 1. The minimum Gasteiger partial charge on any atom is -0.444 e. The van der Waals surface area contributed by atoms with Gasteiger partial charge in [-0.15, -0.1) is 0 Å². The first kappa shape index (κ1) is 25.3. The highest BCUT2D eigenvalue weighted by Crippen LogP contribution is 2.24. The molecular formula is C26H39N5O4. The first-order valence-electron chi connectivity index (χ1n) is 12.7. The van der Waals surface area contributed by atoms with Crippen molar-refractivity contribution < 1.29 is 19.1 Å². The summed E-state index contributed by atoms with van der Waals surface area (Å²) in [7, 11) is 2.13. The lowest BCUT2D eigenvalue weighted by atomic mass is 10.1. The Hall–Kier alpha value is -2.81. The van der Waals surface area contributed by atoms with Crippen LogP contribution in [0.4, 0.5) is 10.5 Å². The molecule has 0 N–H and O–H groups in total. The SMILES string of the molecule is CN1CCN(c2cccc(C(=O)N3CCN(C(=O)C4CCCN4C(=O)OC(C)(C)C)CC3)c2)CC1. The molecule has 0 bridgehead atoms. The van der Waals surface area contributed by atoms with Crippen LogP contribution in [0, 0.1) is 0 Å². The molecule has 4 rings (SSSR count). The van der Waals surface area contributed by atoms with Crippen molar-refractivity contribution in [1.82, 2.24) is 19.6 Å². The zero-order valence-corrected chi connectivity index (χ0v) is 21.5.